The van der Waals surface area contributed by atoms with Crippen LogP contribution in [-0.4, -0.2) is 37.7 Å². The second-order valence-corrected chi connectivity index (χ2v) is 5.92. The van der Waals surface area contributed by atoms with Crippen molar-refractivity contribution in [3.8, 4) is 0 Å². The third-order valence-corrected chi connectivity index (χ3v) is 4.65. The smallest absolute Gasteiger partial charge is 0.0589 e. The van der Waals surface area contributed by atoms with Crippen LogP contribution in [0, 0.1) is 0 Å². The molecule has 2 rings (SSSR count). The van der Waals surface area contributed by atoms with Crippen molar-refractivity contribution in [3.05, 3.63) is 34.9 Å². The molecule has 0 fully saturated rings. The largest absolute Gasteiger partial charge is 0.383 e. The minimum atomic E-state index is 0.651. The molecule has 0 unspecified atom stereocenters. The van der Waals surface area contributed by atoms with Gasteiger partial charge in [0.1, 0.15) is 0 Å². The molecule has 0 spiro atoms. The van der Waals surface area contributed by atoms with Crippen molar-refractivity contribution >= 4 is 0 Å². The molecule has 3 nitrogen and oxygen atoms in total. The van der Waals surface area contributed by atoms with Gasteiger partial charge in [0, 0.05) is 32.8 Å². The van der Waals surface area contributed by atoms with Crippen LogP contribution in [0.3, 0.4) is 0 Å². The minimum Gasteiger partial charge on any atom is -0.383 e. The highest BCUT2D eigenvalue weighted by molar-refractivity contribution is 5.37. The van der Waals surface area contributed by atoms with Crippen molar-refractivity contribution in [3.63, 3.8) is 0 Å². The first kappa shape index (κ1) is 16.5. The second kappa shape index (κ2) is 8.52. The van der Waals surface area contributed by atoms with Gasteiger partial charge in [-0.1, -0.05) is 32.0 Å². The first-order chi connectivity index (χ1) is 10.3. The third kappa shape index (κ3) is 4.29. The molecule has 1 N–H and O–H groups in total. The van der Waals surface area contributed by atoms with Crippen LogP contribution in [-0.2, 0) is 24.2 Å². The lowest BCUT2D eigenvalue weighted by molar-refractivity contribution is 0.110. The molecule has 1 aromatic carbocycles. The second-order valence-electron chi connectivity index (χ2n) is 5.92. The Labute approximate surface area is 129 Å². The maximum Gasteiger partial charge on any atom is 0.0589 e. The van der Waals surface area contributed by atoms with E-state index in [-0.39, 0.29) is 0 Å². The highest BCUT2D eigenvalue weighted by Gasteiger charge is 2.18. The molecule has 1 aromatic rings. The Bertz CT molecular complexity index is 429. The zero-order chi connectivity index (χ0) is 15.1. The van der Waals surface area contributed by atoms with Crippen LogP contribution in [0.15, 0.2) is 18.2 Å². The molecular weight excluding hydrogens is 260 g/mol. The predicted molar refractivity (Wildman–Crippen MR) is 88.5 cm³/mol. The summed E-state index contributed by atoms with van der Waals surface area (Å²) in [6.07, 6.45) is 3.57. The molecule has 1 aliphatic heterocycles. The SMILES string of the molecule is CCC(CC)N(CCOC)Cc1cccc2c1CCNC2. The Kier molecular flexibility index (Phi) is 6.68. The molecular formula is C18H30N2O. The lowest BCUT2D eigenvalue weighted by Gasteiger charge is -2.32. The Balaban J connectivity index is 2.15. The Morgan fingerprint density at radius 1 is 1.29 bits per heavy atom. The van der Waals surface area contributed by atoms with Gasteiger partial charge in [0.05, 0.1) is 6.61 Å². The van der Waals surface area contributed by atoms with Crippen molar-refractivity contribution in [2.75, 3.05) is 26.8 Å². The fourth-order valence-corrected chi connectivity index (χ4v) is 3.38. The Morgan fingerprint density at radius 3 is 2.81 bits per heavy atom. The summed E-state index contributed by atoms with van der Waals surface area (Å²) < 4.78 is 5.31. The van der Waals surface area contributed by atoms with Crippen LogP contribution in [0.2, 0.25) is 0 Å². The van der Waals surface area contributed by atoms with Crippen LogP contribution in [0.5, 0.6) is 0 Å². The summed E-state index contributed by atoms with van der Waals surface area (Å²) in [4.78, 5) is 2.60. The van der Waals surface area contributed by atoms with Gasteiger partial charge in [-0.25, -0.2) is 0 Å². The molecule has 0 saturated heterocycles. The van der Waals surface area contributed by atoms with Gasteiger partial charge in [-0.15, -0.1) is 0 Å². The standard InChI is InChI=1S/C18H30N2O/c1-4-17(5-2)20(11-12-21-3)14-16-8-6-7-15-13-19-10-9-18(15)16/h6-8,17,19H,4-5,9-14H2,1-3H3. The average molecular weight is 290 g/mol. The highest BCUT2D eigenvalue weighted by Crippen LogP contribution is 2.22. The molecule has 118 valence electrons. The number of nitrogens with one attached hydrogen (secondary N) is 1. The van der Waals surface area contributed by atoms with Gasteiger partial charge >= 0.3 is 0 Å². The van der Waals surface area contributed by atoms with E-state index in [4.69, 9.17) is 4.74 Å². The van der Waals surface area contributed by atoms with E-state index < -0.39 is 0 Å². The van der Waals surface area contributed by atoms with Gasteiger partial charge in [-0.3, -0.25) is 4.90 Å². The van der Waals surface area contributed by atoms with Crippen LogP contribution in [0.4, 0.5) is 0 Å². The van der Waals surface area contributed by atoms with Crippen molar-refractivity contribution in [1.29, 1.82) is 0 Å². The molecule has 0 radical (unpaired) electrons. The monoisotopic (exact) mass is 290 g/mol. The lowest BCUT2D eigenvalue weighted by atomic mass is 9.94. The van der Waals surface area contributed by atoms with Gasteiger partial charge < -0.3 is 10.1 Å². The van der Waals surface area contributed by atoms with Crippen LogP contribution in [0.1, 0.15) is 43.4 Å². The summed E-state index contributed by atoms with van der Waals surface area (Å²) in [5.41, 5.74) is 4.57. The minimum absolute atomic E-state index is 0.651. The zero-order valence-corrected chi connectivity index (χ0v) is 13.8. The molecule has 0 atom stereocenters. The molecule has 0 saturated carbocycles. The molecule has 0 amide bonds. The lowest BCUT2D eigenvalue weighted by Crippen LogP contribution is -2.37. The number of rotatable bonds is 8. The van der Waals surface area contributed by atoms with Gasteiger partial charge in [0.25, 0.3) is 0 Å². The van der Waals surface area contributed by atoms with Crippen molar-refractivity contribution in [2.45, 2.75) is 52.2 Å². The number of methoxy groups -OCH3 is 1. The number of nitrogens with zero attached hydrogens (tertiary/aromatic N) is 1. The molecule has 0 aliphatic carbocycles. The predicted octanol–water partition coefficient (Wildman–Crippen LogP) is 2.97. The van der Waals surface area contributed by atoms with Gasteiger partial charge in [0.15, 0.2) is 0 Å². The summed E-state index contributed by atoms with van der Waals surface area (Å²) in [5.74, 6) is 0. The van der Waals surface area contributed by atoms with E-state index in [1.54, 1.807) is 12.7 Å². The molecule has 3 heteroatoms. The zero-order valence-electron chi connectivity index (χ0n) is 13.8. The maximum absolute atomic E-state index is 5.31. The third-order valence-electron chi connectivity index (χ3n) is 4.65. The van der Waals surface area contributed by atoms with E-state index in [1.807, 2.05) is 0 Å². The normalized spacial score (nSPS) is 14.7. The number of hydrogen-bond donors (Lipinski definition) is 1. The van der Waals surface area contributed by atoms with Crippen molar-refractivity contribution in [1.82, 2.24) is 10.2 Å². The summed E-state index contributed by atoms with van der Waals surface area (Å²) in [7, 11) is 1.79. The van der Waals surface area contributed by atoms with Crippen molar-refractivity contribution in [2.24, 2.45) is 0 Å². The van der Waals surface area contributed by atoms with Gasteiger partial charge in [0.2, 0.25) is 0 Å². The average Bonchev–Trinajstić information content (AvgIpc) is 2.53. The molecule has 21 heavy (non-hydrogen) atoms. The fraction of sp³-hybridized carbons (Fsp3) is 0.667. The quantitative estimate of drug-likeness (QED) is 0.796. The van der Waals surface area contributed by atoms with Crippen LogP contribution < -0.4 is 5.32 Å². The van der Waals surface area contributed by atoms with E-state index >= 15 is 0 Å². The van der Waals surface area contributed by atoms with Gasteiger partial charge in [-0.2, -0.15) is 0 Å². The van der Waals surface area contributed by atoms with E-state index in [1.165, 1.54) is 24.0 Å². The summed E-state index contributed by atoms with van der Waals surface area (Å²) in [6, 6.07) is 7.44. The van der Waals surface area contributed by atoms with Crippen molar-refractivity contribution < 1.29 is 4.74 Å². The Morgan fingerprint density at radius 2 is 2.10 bits per heavy atom. The first-order valence-corrected chi connectivity index (χ1v) is 8.33. The number of hydrogen-bond acceptors (Lipinski definition) is 3. The van der Waals surface area contributed by atoms with Crippen LogP contribution >= 0.6 is 0 Å². The van der Waals surface area contributed by atoms with E-state index in [0.717, 1.165) is 39.2 Å². The summed E-state index contributed by atoms with van der Waals surface area (Å²) in [5, 5.41) is 3.47. The number of fused-ring (bicyclic) bond motifs is 1. The van der Waals surface area contributed by atoms with E-state index in [2.05, 4.69) is 42.3 Å². The van der Waals surface area contributed by atoms with Crippen LogP contribution in [0.25, 0.3) is 0 Å². The topological polar surface area (TPSA) is 24.5 Å². The summed E-state index contributed by atoms with van der Waals surface area (Å²) >= 11 is 0. The summed E-state index contributed by atoms with van der Waals surface area (Å²) in [6.45, 7) is 9.59. The van der Waals surface area contributed by atoms with E-state index in [0.29, 0.717) is 6.04 Å². The molecule has 0 aromatic heterocycles. The van der Waals surface area contributed by atoms with Gasteiger partial charge in [-0.05, 0) is 42.5 Å². The number of benzene rings is 1. The molecule has 1 heterocycles. The molecule has 0 bridgehead atoms. The van der Waals surface area contributed by atoms with E-state index in [9.17, 15) is 0 Å². The molecule has 1 aliphatic rings. The maximum atomic E-state index is 5.31. The number of ether oxygens (including phenoxy) is 1. The Hall–Kier alpha value is -0.900. The fourth-order valence-electron chi connectivity index (χ4n) is 3.38. The first-order valence-electron chi connectivity index (χ1n) is 8.33. The highest BCUT2D eigenvalue weighted by atomic mass is 16.5.